The van der Waals surface area contributed by atoms with Crippen molar-refractivity contribution in [2.24, 2.45) is 5.50 Å². The van der Waals surface area contributed by atoms with Crippen LogP contribution in [0.15, 0.2) is 24.3 Å². The number of nitrogens with two attached hydrogens (primary N) is 1. The van der Waals surface area contributed by atoms with E-state index >= 15 is 0 Å². The molecule has 0 aromatic heterocycles. The maximum atomic E-state index is 12.5. The fourth-order valence-corrected chi connectivity index (χ4v) is 5.85. The van der Waals surface area contributed by atoms with E-state index in [2.05, 4.69) is 9.05 Å². The number of hydrogen-bond acceptors (Lipinski definition) is 11. The van der Waals surface area contributed by atoms with E-state index in [0.29, 0.717) is 38.4 Å². The maximum absolute atomic E-state index is 12.5. The first-order valence-corrected chi connectivity index (χ1v) is 16.7. The van der Waals surface area contributed by atoms with Crippen LogP contribution in [0.4, 0.5) is 0 Å². The SMILES string of the molecule is CN(CCCOc1cccc(COCCOP(N)(=O)N(CCCl)CCCl)c1)CCC(O)(OP(O)O)O[P+](=O)O. The summed E-state index contributed by atoms with van der Waals surface area (Å²) >= 11 is 11.4. The Bertz CT molecular complexity index is 890. The van der Waals surface area contributed by atoms with E-state index in [4.69, 9.17) is 57.4 Å². The summed E-state index contributed by atoms with van der Waals surface area (Å²) in [6.07, 6.45) is 0.306. The molecule has 3 unspecified atom stereocenters. The Kier molecular flexibility index (Phi) is 18.9. The van der Waals surface area contributed by atoms with Gasteiger partial charge in [-0.3, -0.25) is 9.09 Å². The van der Waals surface area contributed by atoms with Crippen LogP contribution in [0.5, 0.6) is 5.75 Å². The number of nitrogens with zero attached hydrogens (tertiary/aromatic N) is 2. The molecule has 0 aliphatic rings. The van der Waals surface area contributed by atoms with E-state index < -0.39 is 30.5 Å². The molecule has 0 radical (unpaired) electrons. The average molecular weight is 659 g/mol. The third-order valence-corrected chi connectivity index (χ3v) is 7.93. The van der Waals surface area contributed by atoms with Crippen molar-refractivity contribution in [2.75, 3.05) is 64.8 Å². The van der Waals surface area contributed by atoms with Gasteiger partial charge in [-0.2, -0.15) is 0 Å². The van der Waals surface area contributed by atoms with Crippen LogP contribution in [0.25, 0.3) is 0 Å². The standard InChI is InChI=1S/C20H36Cl2N3O11P3/c1-24(10-6-20(26,35-37(27)28)36-38(29)30)9-3-13-33-19-5-2-4-18(16-19)17-32-14-15-34-39(23,31)25(11-7-21)12-8-22/h2,4-5,16,26-28H,3,6-15,17H2,1H3,(H2-,23,29,30,31)/p+1. The molecule has 14 nitrogen and oxygen atoms in total. The van der Waals surface area contributed by atoms with Gasteiger partial charge in [0.15, 0.2) is 0 Å². The molecular weight excluding hydrogens is 622 g/mol. The van der Waals surface area contributed by atoms with Crippen LogP contribution in [0.3, 0.4) is 0 Å². The summed E-state index contributed by atoms with van der Waals surface area (Å²) in [5.74, 6) is -1.47. The number of alkyl halides is 2. The number of halogens is 2. The number of aliphatic hydroxyl groups is 1. The highest BCUT2D eigenvalue weighted by molar-refractivity contribution is 7.53. The molecule has 0 heterocycles. The largest absolute Gasteiger partial charge is 0.700 e. The molecule has 0 amide bonds. The molecule has 1 aromatic carbocycles. The smallest absolute Gasteiger partial charge is 0.494 e. The lowest BCUT2D eigenvalue weighted by molar-refractivity contribution is -0.280. The lowest BCUT2D eigenvalue weighted by Gasteiger charge is -2.26. The van der Waals surface area contributed by atoms with Crippen LogP contribution in [-0.4, -0.2) is 100 Å². The summed E-state index contributed by atoms with van der Waals surface area (Å²) in [5.41, 5.74) is 6.66. The minimum atomic E-state index is -3.51. The molecular formula is C20H37Cl2N3O11P3+. The van der Waals surface area contributed by atoms with Gasteiger partial charge in [-0.05, 0) is 31.2 Å². The number of hydrogen-bond donors (Lipinski definition) is 5. The summed E-state index contributed by atoms with van der Waals surface area (Å²) < 4.78 is 50.3. The van der Waals surface area contributed by atoms with Crippen LogP contribution >= 0.6 is 47.7 Å². The molecule has 39 heavy (non-hydrogen) atoms. The van der Waals surface area contributed by atoms with Crippen molar-refractivity contribution in [3.8, 4) is 5.75 Å². The van der Waals surface area contributed by atoms with E-state index in [1.807, 2.05) is 18.2 Å². The minimum absolute atomic E-state index is 0.0358. The minimum Gasteiger partial charge on any atom is -0.494 e. The van der Waals surface area contributed by atoms with Crippen molar-refractivity contribution >= 4 is 47.7 Å². The monoisotopic (exact) mass is 658 g/mol. The number of benzene rings is 1. The average Bonchev–Trinajstić information content (AvgIpc) is 2.84. The molecule has 0 aliphatic heterocycles. The van der Waals surface area contributed by atoms with Crippen LogP contribution in [-0.2, 0) is 34.0 Å². The van der Waals surface area contributed by atoms with E-state index in [1.165, 1.54) is 4.67 Å². The number of ether oxygens (including phenoxy) is 2. The molecule has 1 aromatic rings. The predicted molar refractivity (Wildman–Crippen MR) is 147 cm³/mol. The molecule has 0 fully saturated rings. The highest BCUT2D eigenvalue weighted by atomic mass is 35.5. The van der Waals surface area contributed by atoms with Crippen molar-refractivity contribution in [2.45, 2.75) is 25.4 Å². The van der Waals surface area contributed by atoms with E-state index in [0.717, 1.165) is 5.56 Å². The Balaban J connectivity index is 2.35. The van der Waals surface area contributed by atoms with Gasteiger partial charge in [0, 0.05) is 48.9 Å². The fraction of sp³-hybridized carbons (Fsp3) is 0.700. The molecule has 19 heteroatoms. The van der Waals surface area contributed by atoms with Crippen molar-refractivity contribution in [3.63, 3.8) is 0 Å². The van der Waals surface area contributed by atoms with Gasteiger partial charge in [0.1, 0.15) is 5.75 Å². The quantitative estimate of drug-likeness (QED) is 0.0498. The van der Waals surface area contributed by atoms with E-state index in [-0.39, 0.29) is 44.5 Å². The Morgan fingerprint density at radius 3 is 2.44 bits per heavy atom. The second-order valence-corrected chi connectivity index (χ2v) is 12.1. The zero-order valence-electron chi connectivity index (χ0n) is 21.5. The van der Waals surface area contributed by atoms with Gasteiger partial charge in [0.25, 0.3) is 0 Å². The fourth-order valence-electron chi connectivity index (χ4n) is 3.14. The van der Waals surface area contributed by atoms with Gasteiger partial charge in [-0.15, -0.1) is 28.1 Å². The molecule has 0 saturated heterocycles. The third kappa shape index (κ3) is 16.8. The molecule has 0 bridgehead atoms. The van der Waals surface area contributed by atoms with Gasteiger partial charge in [0.05, 0.1) is 26.4 Å². The topological polar surface area (TPSA) is 194 Å². The first-order chi connectivity index (χ1) is 18.4. The summed E-state index contributed by atoms with van der Waals surface area (Å²) in [4.78, 5) is 28.5. The lowest BCUT2D eigenvalue weighted by atomic mass is 10.2. The summed E-state index contributed by atoms with van der Waals surface area (Å²) in [6.45, 7) is 2.16. The Hall–Kier alpha value is -0.0800. The Morgan fingerprint density at radius 1 is 1.13 bits per heavy atom. The highest BCUT2D eigenvalue weighted by Gasteiger charge is 2.42. The molecule has 226 valence electrons. The Morgan fingerprint density at radius 2 is 1.82 bits per heavy atom. The van der Waals surface area contributed by atoms with Crippen LogP contribution in [0, 0.1) is 0 Å². The van der Waals surface area contributed by atoms with Crippen molar-refractivity contribution < 1.29 is 52.0 Å². The van der Waals surface area contributed by atoms with Crippen LogP contribution < -0.4 is 10.2 Å². The molecule has 0 saturated carbocycles. The first-order valence-electron chi connectivity index (χ1n) is 11.7. The van der Waals surface area contributed by atoms with Gasteiger partial charge < -0.3 is 33.8 Å². The van der Waals surface area contributed by atoms with Crippen molar-refractivity contribution in [3.05, 3.63) is 29.8 Å². The summed E-state index contributed by atoms with van der Waals surface area (Å²) in [7, 11) is -8.00. The zero-order valence-corrected chi connectivity index (χ0v) is 25.7. The molecule has 1 rings (SSSR count). The third-order valence-electron chi connectivity index (χ3n) is 4.96. The molecule has 3 atom stereocenters. The summed E-state index contributed by atoms with van der Waals surface area (Å²) in [6, 6.07) is 7.32. The second-order valence-electron chi connectivity index (χ2n) is 8.07. The summed E-state index contributed by atoms with van der Waals surface area (Å²) in [5, 5.41) is 10.0. The highest BCUT2D eigenvalue weighted by Crippen LogP contribution is 2.42. The lowest BCUT2D eigenvalue weighted by Crippen LogP contribution is -2.36. The van der Waals surface area contributed by atoms with E-state index in [1.54, 1.807) is 18.0 Å². The molecule has 0 aliphatic carbocycles. The van der Waals surface area contributed by atoms with Crippen LogP contribution in [0.2, 0.25) is 0 Å². The van der Waals surface area contributed by atoms with Gasteiger partial charge in [0.2, 0.25) is 0 Å². The van der Waals surface area contributed by atoms with E-state index in [9.17, 15) is 14.2 Å². The van der Waals surface area contributed by atoms with Crippen LogP contribution in [0.1, 0.15) is 18.4 Å². The Labute approximate surface area is 240 Å². The normalized spacial score (nSPS) is 15.5. The second kappa shape index (κ2) is 19.9. The predicted octanol–water partition coefficient (Wildman–Crippen LogP) is 2.70. The van der Waals surface area contributed by atoms with Crippen molar-refractivity contribution in [1.29, 1.82) is 0 Å². The van der Waals surface area contributed by atoms with Gasteiger partial charge in [-0.1, -0.05) is 16.7 Å². The molecule has 0 spiro atoms. The zero-order chi connectivity index (χ0) is 29.3. The van der Waals surface area contributed by atoms with Gasteiger partial charge in [-0.25, -0.2) is 10.2 Å². The van der Waals surface area contributed by atoms with Gasteiger partial charge >= 0.3 is 30.5 Å². The van der Waals surface area contributed by atoms with Crippen molar-refractivity contribution in [1.82, 2.24) is 9.57 Å². The number of rotatable bonds is 23. The molecule has 6 N–H and O–H groups in total. The first kappa shape index (κ1) is 36.9. The maximum Gasteiger partial charge on any atom is 0.700 e.